The first-order valence-corrected chi connectivity index (χ1v) is 7.98. The van der Waals surface area contributed by atoms with Crippen LogP contribution in [0.15, 0.2) is 28.8 Å². The third-order valence-electron chi connectivity index (χ3n) is 4.80. The Bertz CT molecular complexity index is 642. The summed E-state index contributed by atoms with van der Waals surface area (Å²) in [6.45, 7) is 1.08. The SMILES string of the molecule is Clc1ccccc1Cc1noc(C2NCC3CCCC32)n1. The molecule has 1 aromatic heterocycles. The van der Waals surface area contributed by atoms with Gasteiger partial charge in [0.2, 0.25) is 5.89 Å². The summed E-state index contributed by atoms with van der Waals surface area (Å²) in [5.41, 5.74) is 1.03. The van der Waals surface area contributed by atoms with Gasteiger partial charge in [-0.3, -0.25) is 0 Å². The lowest BCUT2D eigenvalue weighted by atomic mass is 9.94. The summed E-state index contributed by atoms with van der Waals surface area (Å²) in [5, 5.41) is 8.42. The minimum absolute atomic E-state index is 0.241. The second kappa shape index (κ2) is 5.43. The van der Waals surface area contributed by atoms with E-state index in [9.17, 15) is 0 Å². The minimum atomic E-state index is 0.241. The van der Waals surface area contributed by atoms with Crippen molar-refractivity contribution in [3.05, 3.63) is 46.6 Å². The minimum Gasteiger partial charge on any atom is -0.338 e. The van der Waals surface area contributed by atoms with Gasteiger partial charge in [0.25, 0.3) is 0 Å². The van der Waals surface area contributed by atoms with Crippen LogP contribution in [0, 0.1) is 11.8 Å². The lowest BCUT2D eigenvalue weighted by Gasteiger charge is -2.13. The number of hydrogen-bond donors (Lipinski definition) is 1. The average molecular weight is 304 g/mol. The summed E-state index contributed by atoms with van der Waals surface area (Å²) in [7, 11) is 0. The van der Waals surface area contributed by atoms with Gasteiger partial charge in [0, 0.05) is 11.4 Å². The molecule has 0 radical (unpaired) electrons. The molecule has 1 saturated carbocycles. The standard InChI is InChI=1S/C16H18ClN3O/c17-13-7-2-1-4-10(13)8-14-19-16(21-20-14)15-12-6-3-5-11(12)9-18-15/h1-2,4,7,11-12,15,18H,3,5-6,8-9H2. The Hall–Kier alpha value is -1.39. The summed E-state index contributed by atoms with van der Waals surface area (Å²) >= 11 is 6.18. The van der Waals surface area contributed by atoms with Crippen LogP contribution >= 0.6 is 11.6 Å². The number of rotatable bonds is 3. The second-order valence-electron chi connectivity index (χ2n) is 6.06. The molecule has 110 valence electrons. The molecule has 4 nitrogen and oxygen atoms in total. The zero-order chi connectivity index (χ0) is 14.2. The van der Waals surface area contributed by atoms with Crippen molar-refractivity contribution in [2.45, 2.75) is 31.7 Å². The number of benzene rings is 1. The van der Waals surface area contributed by atoms with Crippen LogP contribution in [-0.2, 0) is 6.42 Å². The second-order valence-corrected chi connectivity index (χ2v) is 6.46. The normalized spacial score (nSPS) is 28.0. The molecule has 2 fully saturated rings. The molecule has 2 heterocycles. The first-order valence-electron chi connectivity index (χ1n) is 7.60. The molecule has 0 bridgehead atoms. The van der Waals surface area contributed by atoms with E-state index in [4.69, 9.17) is 16.1 Å². The summed E-state index contributed by atoms with van der Waals surface area (Å²) in [5.74, 6) is 2.90. The zero-order valence-electron chi connectivity index (χ0n) is 11.8. The molecule has 3 atom stereocenters. The van der Waals surface area contributed by atoms with Gasteiger partial charge in [-0.2, -0.15) is 4.98 Å². The quantitative estimate of drug-likeness (QED) is 0.944. The van der Waals surface area contributed by atoms with Gasteiger partial charge in [-0.05, 0) is 42.9 Å². The lowest BCUT2D eigenvalue weighted by molar-refractivity contribution is 0.301. The van der Waals surface area contributed by atoms with Crippen molar-refractivity contribution in [3.63, 3.8) is 0 Å². The van der Waals surface area contributed by atoms with E-state index in [1.807, 2.05) is 24.3 Å². The molecule has 0 spiro atoms. The maximum absolute atomic E-state index is 6.18. The molecule has 1 N–H and O–H groups in total. The average Bonchev–Trinajstić information content (AvgIpc) is 3.17. The Morgan fingerprint density at radius 2 is 2.19 bits per heavy atom. The van der Waals surface area contributed by atoms with Crippen LogP contribution in [0.2, 0.25) is 5.02 Å². The predicted octanol–water partition coefficient (Wildman–Crippen LogP) is 3.37. The van der Waals surface area contributed by atoms with Gasteiger partial charge < -0.3 is 9.84 Å². The van der Waals surface area contributed by atoms with Gasteiger partial charge in [-0.25, -0.2) is 0 Å². The zero-order valence-corrected chi connectivity index (χ0v) is 12.5. The van der Waals surface area contributed by atoms with Gasteiger partial charge in [-0.15, -0.1) is 0 Å². The first kappa shape index (κ1) is 13.3. The molecular formula is C16H18ClN3O. The summed E-state index contributed by atoms with van der Waals surface area (Å²) in [4.78, 5) is 4.59. The van der Waals surface area contributed by atoms with Crippen LogP contribution in [0.3, 0.4) is 0 Å². The Balaban J connectivity index is 1.52. The predicted molar refractivity (Wildman–Crippen MR) is 80.1 cm³/mol. The third kappa shape index (κ3) is 2.47. The van der Waals surface area contributed by atoms with Crippen LogP contribution in [0.25, 0.3) is 0 Å². The van der Waals surface area contributed by atoms with E-state index in [2.05, 4.69) is 15.5 Å². The van der Waals surface area contributed by atoms with Crippen molar-refractivity contribution in [2.75, 3.05) is 6.54 Å². The smallest absolute Gasteiger partial charge is 0.244 e. The Morgan fingerprint density at radius 3 is 3.10 bits per heavy atom. The van der Waals surface area contributed by atoms with Gasteiger partial charge in [0.05, 0.1) is 6.04 Å². The van der Waals surface area contributed by atoms with E-state index in [1.165, 1.54) is 19.3 Å². The Labute approximate surface area is 128 Å². The first-order chi connectivity index (χ1) is 10.3. The monoisotopic (exact) mass is 303 g/mol. The molecule has 1 aromatic carbocycles. The molecule has 2 aliphatic rings. The topological polar surface area (TPSA) is 51.0 Å². The number of fused-ring (bicyclic) bond motifs is 1. The van der Waals surface area contributed by atoms with Gasteiger partial charge >= 0.3 is 0 Å². The van der Waals surface area contributed by atoms with Crippen LogP contribution < -0.4 is 5.32 Å². The molecule has 1 aliphatic carbocycles. The molecule has 1 saturated heterocycles. The Kier molecular flexibility index (Phi) is 3.43. The van der Waals surface area contributed by atoms with E-state index in [0.29, 0.717) is 18.2 Å². The maximum atomic E-state index is 6.18. The van der Waals surface area contributed by atoms with Crippen molar-refractivity contribution < 1.29 is 4.52 Å². The fraction of sp³-hybridized carbons (Fsp3) is 0.500. The fourth-order valence-electron chi connectivity index (χ4n) is 3.74. The molecular weight excluding hydrogens is 286 g/mol. The summed E-state index contributed by atoms with van der Waals surface area (Å²) in [6, 6.07) is 8.03. The number of nitrogens with zero attached hydrogens (tertiary/aromatic N) is 2. The highest BCUT2D eigenvalue weighted by Crippen LogP contribution is 2.43. The molecule has 3 unspecified atom stereocenters. The van der Waals surface area contributed by atoms with Crippen LogP contribution in [0.1, 0.15) is 42.6 Å². The molecule has 4 rings (SSSR count). The van der Waals surface area contributed by atoms with Crippen molar-refractivity contribution in [1.29, 1.82) is 0 Å². The third-order valence-corrected chi connectivity index (χ3v) is 5.17. The number of halogens is 1. The van der Waals surface area contributed by atoms with E-state index < -0.39 is 0 Å². The fourth-order valence-corrected chi connectivity index (χ4v) is 3.94. The van der Waals surface area contributed by atoms with Gasteiger partial charge in [0.1, 0.15) is 0 Å². The number of aromatic nitrogens is 2. The highest BCUT2D eigenvalue weighted by atomic mass is 35.5. The highest BCUT2D eigenvalue weighted by Gasteiger charge is 2.42. The van der Waals surface area contributed by atoms with Gasteiger partial charge in [0.15, 0.2) is 5.82 Å². The molecule has 0 amide bonds. The highest BCUT2D eigenvalue weighted by molar-refractivity contribution is 6.31. The van der Waals surface area contributed by atoms with Crippen LogP contribution in [0.5, 0.6) is 0 Å². The van der Waals surface area contributed by atoms with Crippen molar-refractivity contribution in [3.8, 4) is 0 Å². The largest absolute Gasteiger partial charge is 0.338 e. The maximum Gasteiger partial charge on any atom is 0.244 e. The van der Waals surface area contributed by atoms with E-state index in [0.717, 1.165) is 28.9 Å². The van der Waals surface area contributed by atoms with Crippen molar-refractivity contribution >= 4 is 11.6 Å². The molecule has 21 heavy (non-hydrogen) atoms. The van der Waals surface area contributed by atoms with Crippen LogP contribution in [0.4, 0.5) is 0 Å². The molecule has 1 aliphatic heterocycles. The molecule has 5 heteroatoms. The summed E-state index contributed by atoms with van der Waals surface area (Å²) in [6.07, 6.45) is 4.54. The lowest BCUT2D eigenvalue weighted by Crippen LogP contribution is -2.18. The van der Waals surface area contributed by atoms with Crippen LogP contribution in [-0.4, -0.2) is 16.7 Å². The van der Waals surface area contributed by atoms with Crippen molar-refractivity contribution in [2.24, 2.45) is 11.8 Å². The summed E-state index contributed by atoms with van der Waals surface area (Å²) < 4.78 is 5.50. The van der Waals surface area contributed by atoms with Crippen molar-refractivity contribution in [1.82, 2.24) is 15.5 Å². The Morgan fingerprint density at radius 1 is 1.29 bits per heavy atom. The van der Waals surface area contributed by atoms with Gasteiger partial charge in [-0.1, -0.05) is 41.4 Å². The molecule has 2 aromatic rings. The number of hydrogen-bond acceptors (Lipinski definition) is 4. The van der Waals surface area contributed by atoms with E-state index in [-0.39, 0.29) is 6.04 Å². The number of nitrogens with one attached hydrogen (secondary N) is 1. The van der Waals surface area contributed by atoms with E-state index >= 15 is 0 Å². The van der Waals surface area contributed by atoms with E-state index in [1.54, 1.807) is 0 Å².